The molecule has 2 nitrogen and oxygen atoms in total. The van der Waals surface area contributed by atoms with Crippen LogP contribution in [0, 0.1) is 17.2 Å². The summed E-state index contributed by atoms with van der Waals surface area (Å²) in [5.74, 6) is 0.344. The lowest BCUT2D eigenvalue weighted by atomic mass is 9.71. The summed E-state index contributed by atoms with van der Waals surface area (Å²) in [5.41, 5.74) is 7.42. The topological polar surface area (TPSA) is 35.2 Å². The maximum Gasteiger partial charge on any atom is 0.123 e. The maximum absolute atomic E-state index is 13.3. The Morgan fingerprint density at radius 2 is 2.14 bits per heavy atom. The van der Waals surface area contributed by atoms with Gasteiger partial charge in [-0.3, -0.25) is 0 Å². The van der Waals surface area contributed by atoms with Crippen LogP contribution in [0.3, 0.4) is 0 Å². The van der Waals surface area contributed by atoms with E-state index >= 15 is 0 Å². The summed E-state index contributed by atoms with van der Waals surface area (Å²) >= 11 is 4.99. The van der Waals surface area contributed by atoms with Gasteiger partial charge in [-0.25, -0.2) is 4.39 Å². The van der Waals surface area contributed by atoms with E-state index in [1.165, 1.54) is 18.6 Å². The molecule has 0 radical (unpaired) electrons. The Labute approximate surface area is 131 Å². The number of ether oxygens (including phenoxy) is 1. The number of thiocarbonyl (C=S) groups is 1. The molecular formula is C17H24FNOS. The molecule has 116 valence electrons. The highest BCUT2D eigenvalue weighted by molar-refractivity contribution is 7.80. The lowest BCUT2D eigenvalue weighted by molar-refractivity contribution is -0.0316. The van der Waals surface area contributed by atoms with Crippen LogP contribution in [0.5, 0.6) is 0 Å². The van der Waals surface area contributed by atoms with E-state index in [0.29, 0.717) is 23.5 Å². The molecule has 2 rings (SSSR count). The van der Waals surface area contributed by atoms with Crippen molar-refractivity contribution < 1.29 is 9.13 Å². The summed E-state index contributed by atoms with van der Waals surface area (Å²) < 4.78 is 19.4. The third-order valence-corrected chi connectivity index (χ3v) is 4.38. The predicted molar refractivity (Wildman–Crippen MR) is 87.7 cm³/mol. The van der Waals surface area contributed by atoms with Gasteiger partial charge in [-0.05, 0) is 48.3 Å². The van der Waals surface area contributed by atoms with Crippen LogP contribution < -0.4 is 5.73 Å². The Morgan fingerprint density at radius 3 is 2.76 bits per heavy atom. The van der Waals surface area contributed by atoms with E-state index < -0.39 is 0 Å². The van der Waals surface area contributed by atoms with Crippen LogP contribution in [0.1, 0.15) is 51.2 Å². The SMILES string of the molecule is CC1CC(OCc2ccc(F)cc2C(N)=S)CC(C)(C)C1. The quantitative estimate of drug-likeness (QED) is 0.847. The first-order valence-electron chi connectivity index (χ1n) is 7.47. The fourth-order valence-corrected chi connectivity index (χ4v) is 3.69. The zero-order chi connectivity index (χ0) is 15.6. The first kappa shape index (κ1) is 16.4. The van der Waals surface area contributed by atoms with Crippen LogP contribution in [-0.4, -0.2) is 11.1 Å². The first-order valence-corrected chi connectivity index (χ1v) is 7.87. The average Bonchev–Trinajstić information content (AvgIpc) is 2.34. The predicted octanol–water partition coefficient (Wildman–Crippen LogP) is 4.19. The molecule has 21 heavy (non-hydrogen) atoms. The van der Waals surface area contributed by atoms with Gasteiger partial charge in [0.1, 0.15) is 10.8 Å². The van der Waals surface area contributed by atoms with Crippen molar-refractivity contribution in [1.82, 2.24) is 0 Å². The standard InChI is InChI=1S/C17H24FNOS/c1-11-6-14(9-17(2,3)8-11)20-10-12-4-5-13(18)7-15(12)16(19)21/h4-5,7,11,14H,6,8-10H2,1-3H3,(H2,19,21). The number of rotatable bonds is 4. The molecule has 0 amide bonds. The number of halogens is 1. The monoisotopic (exact) mass is 309 g/mol. The van der Waals surface area contributed by atoms with Gasteiger partial charge < -0.3 is 10.5 Å². The number of hydrogen-bond donors (Lipinski definition) is 1. The summed E-state index contributed by atoms with van der Waals surface area (Å²) in [4.78, 5) is 0.213. The van der Waals surface area contributed by atoms with Gasteiger partial charge in [0.05, 0.1) is 12.7 Å². The van der Waals surface area contributed by atoms with Gasteiger partial charge in [-0.1, -0.05) is 39.1 Å². The molecule has 1 aromatic carbocycles. The van der Waals surface area contributed by atoms with Crippen LogP contribution in [-0.2, 0) is 11.3 Å². The summed E-state index contributed by atoms with van der Waals surface area (Å²) in [5, 5.41) is 0. The van der Waals surface area contributed by atoms with Gasteiger partial charge in [0, 0.05) is 5.56 Å². The normalized spacial score (nSPS) is 24.8. The van der Waals surface area contributed by atoms with Gasteiger partial charge in [-0.2, -0.15) is 0 Å². The fraction of sp³-hybridized carbons (Fsp3) is 0.588. The van der Waals surface area contributed by atoms with Crippen molar-refractivity contribution in [3.63, 3.8) is 0 Å². The van der Waals surface area contributed by atoms with Gasteiger partial charge in [0.15, 0.2) is 0 Å². The van der Waals surface area contributed by atoms with Crippen molar-refractivity contribution in [2.24, 2.45) is 17.1 Å². The minimum Gasteiger partial charge on any atom is -0.389 e. The van der Waals surface area contributed by atoms with Gasteiger partial charge >= 0.3 is 0 Å². The van der Waals surface area contributed by atoms with E-state index in [9.17, 15) is 4.39 Å². The van der Waals surface area contributed by atoms with Crippen molar-refractivity contribution in [3.8, 4) is 0 Å². The van der Waals surface area contributed by atoms with E-state index in [4.69, 9.17) is 22.7 Å². The van der Waals surface area contributed by atoms with Crippen LogP contribution in [0.2, 0.25) is 0 Å². The van der Waals surface area contributed by atoms with Crippen molar-refractivity contribution in [1.29, 1.82) is 0 Å². The molecule has 0 bridgehead atoms. The second-order valence-corrected chi connectivity index (χ2v) is 7.45. The molecule has 2 atom stereocenters. The van der Waals surface area contributed by atoms with Crippen molar-refractivity contribution in [2.45, 2.75) is 52.7 Å². The third kappa shape index (κ3) is 4.48. The molecule has 1 aliphatic rings. The van der Waals surface area contributed by atoms with E-state index in [-0.39, 0.29) is 16.9 Å². The minimum atomic E-state index is -0.325. The van der Waals surface area contributed by atoms with E-state index in [1.807, 2.05) is 0 Å². The number of benzene rings is 1. The lowest BCUT2D eigenvalue weighted by Crippen LogP contribution is -2.32. The third-order valence-electron chi connectivity index (χ3n) is 4.16. The van der Waals surface area contributed by atoms with Crippen LogP contribution >= 0.6 is 12.2 Å². The molecule has 4 heteroatoms. The maximum atomic E-state index is 13.3. The summed E-state index contributed by atoms with van der Waals surface area (Å²) in [7, 11) is 0. The summed E-state index contributed by atoms with van der Waals surface area (Å²) in [6.07, 6.45) is 3.61. The Kier molecular flexibility index (Phi) is 4.99. The second-order valence-electron chi connectivity index (χ2n) is 7.01. The molecule has 2 N–H and O–H groups in total. The molecule has 1 aliphatic carbocycles. The fourth-order valence-electron chi connectivity index (χ4n) is 3.50. The number of hydrogen-bond acceptors (Lipinski definition) is 2. The Hall–Kier alpha value is -1.00. The van der Waals surface area contributed by atoms with Gasteiger partial charge in [0.2, 0.25) is 0 Å². The molecule has 0 saturated heterocycles. The molecule has 1 fully saturated rings. The van der Waals surface area contributed by atoms with Gasteiger partial charge in [0.25, 0.3) is 0 Å². The van der Waals surface area contributed by atoms with Crippen LogP contribution in [0.4, 0.5) is 4.39 Å². The summed E-state index contributed by atoms with van der Waals surface area (Å²) in [6, 6.07) is 4.52. The minimum absolute atomic E-state index is 0.213. The second kappa shape index (κ2) is 6.41. The number of nitrogens with two attached hydrogens (primary N) is 1. The molecular weight excluding hydrogens is 285 g/mol. The highest BCUT2D eigenvalue weighted by atomic mass is 32.1. The van der Waals surface area contributed by atoms with Crippen molar-refractivity contribution >= 4 is 17.2 Å². The molecule has 0 spiro atoms. The van der Waals surface area contributed by atoms with E-state index in [0.717, 1.165) is 18.4 Å². The average molecular weight is 309 g/mol. The van der Waals surface area contributed by atoms with Crippen molar-refractivity contribution in [3.05, 3.63) is 35.1 Å². The molecule has 1 aromatic rings. The van der Waals surface area contributed by atoms with E-state index in [1.54, 1.807) is 6.07 Å². The Balaban J connectivity index is 2.05. The molecule has 2 unspecified atom stereocenters. The van der Waals surface area contributed by atoms with Crippen molar-refractivity contribution in [2.75, 3.05) is 0 Å². The highest BCUT2D eigenvalue weighted by Gasteiger charge is 2.32. The molecule has 0 heterocycles. The Bertz CT molecular complexity index is 530. The van der Waals surface area contributed by atoms with Gasteiger partial charge in [-0.15, -0.1) is 0 Å². The smallest absolute Gasteiger partial charge is 0.123 e. The zero-order valence-corrected chi connectivity index (χ0v) is 13.8. The van der Waals surface area contributed by atoms with E-state index in [2.05, 4.69) is 20.8 Å². The van der Waals surface area contributed by atoms with Crippen LogP contribution in [0.25, 0.3) is 0 Å². The highest BCUT2D eigenvalue weighted by Crippen LogP contribution is 2.39. The molecule has 1 saturated carbocycles. The Morgan fingerprint density at radius 1 is 1.43 bits per heavy atom. The molecule has 0 aliphatic heterocycles. The first-order chi connectivity index (χ1) is 9.77. The summed E-state index contributed by atoms with van der Waals surface area (Å²) in [6.45, 7) is 7.28. The van der Waals surface area contributed by atoms with Crippen LogP contribution in [0.15, 0.2) is 18.2 Å². The molecule has 0 aromatic heterocycles. The largest absolute Gasteiger partial charge is 0.389 e. The lowest BCUT2D eigenvalue weighted by Gasteiger charge is -2.38. The zero-order valence-electron chi connectivity index (χ0n) is 13.0.